The summed E-state index contributed by atoms with van der Waals surface area (Å²) in [7, 11) is 0. The van der Waals surface area contributed by atoms with E-state index in [1.54, 1.807) is 24.3 Å². The SMILES string of the molecule is CCCCCCCCCCCCCCCCC(C(=O)O)(c1ccc(O)cc1)C(C)(C)C. The number of carboxylic acid groups (broad SMARTS) is 1. The molecule has 1 atom stereocenters. The van der Waals surface area contributed by atoms with E-state index < -0.39 is 16.8 Å². The Morgan fingerprint density at radius 1 is 0.710 bits per heavy atom. The van der Waals surface area contributed by atoms with Gasteiger partial charge in [0, 0.05) is 0 Å². The minimum atomic E-state index is -0.933. The smallest absolute Gasteiger partial charge is 0.314 e. The number of hydrogen-bond donors (Lipinski definition) is 2. The second-order valence-electron chi connectivity index (χ2n) is 10.4. The van der Waals surface area contributed by atoms with E-state index in [9.17, 15) is 15.0 Å². The number of carbonyl (C=O) groups is 1. The highest BCUT2D eigenvalue weighted by molar-refractivity contribution is 5.82. The Balaban J connectivity index is 2.33. The van der Waals surface area contributed by atoms with Crippen molar-refractivity contribution in [2.45, 2.75) is 129 Å². The van der Waals surface area contributed by atoms with Gasteiger partial charge in [0.15, 0.2) is 0 Å². The van der Waals surface area contributed by atoms with Crippen molar-refractivity contribution in [3.05, 3.63) is 29.8 Å². The minimum Gasteiger partial charge on any atom is -0.508 e. The molecule has 1 aromatic carbocycles. The van der Waals surface area contributed by atoms with Gasteiger partial charge in [-0.2, -0.15) is 0 Å². The molecular weight excluding hydrogens is 384 g/mol. The van der Waals surface area contributed by atoms with Crippen LogP contribution < -0.4 is 0 Å². The predicted octanol–water partition coefficient (Wildman–Crippen LogP) is 8.63. The van der Waals surface area contributed by atoms with Crippen LogP contribution in [0.25, 0.3) is 0 Å². The predicted molar refractivity (Wildman–Crippen MR) is 132 cm³/mol. The molecule has 3 nitrogen and oxygen atoms in total. The number of rotatable bonds is 17. The lowest BCUT2D eigenvalue weighted by atomic mass is 9.60. The summed E-state index contributed by atoms with van der Waals surface area (Å²) >= 11 is 0. The van der Waals surface area contributed by atoms with Gasteiger partial charge in [0.1, 0.15) is 5.75 Å². The van der Waals surface area contributed by atoms with Gasteiger partial charge in [-0.3, -0.25) is 4.79 Å². The van der Waals surface area contributed by atoms with Gasteiger partial charge >= 0.3 is 5.97 Å². The normalized spacial score (nSPS) is 13.8. The second kappa shape index (κ2) is 14.5. The third-order valence-corrected chi connectivity index (χ3v) is 6.91. The van der Waals surface area contributed by atoms with Crippen LogP contribution in [0.15, 0.2) is 24.3 Å². The van der Waals surface area contributed by atoms with Gasteiger partial charge in [-0.15, -0.1) is 0 Å². The third-order valence-electron chi connectivity index (χ3n) is 6.91. The number of phenols is 1. The lowest BCUT2D eigenvalue weighted by Gasteiger charge is -2.42. The highest BCUT2D eigenvalue weighted by atomic mass is 16.4. The number of carboxylic acids is 1. The molecule has 1 unspecified atom stereocenters. The van der Waals surface area contributed by atoms with Gasteiger partial charge < -0.3 is 10.2 Å². The average Bonchev–Trinajstić information content (AvgIpc) is 2.71. The lowest BCUT2D eigenvalue weighted by Crippen LogP contribution is -2.47. The number of phenolic OH excluding ortho intramolecular Hbond substituents is 1. The van der Waals surface area contributed by atoms with E-state index in [4.69, 9.17) is 0 Å². The molecule has 0 bridgehead atoms. The van der Waals surface area contributed by atoms with E-state index in [0.29, 0.717) is 6.42 Å². The van der Waals surface area contributed by atoms with Crippen molar-refractivity contribution < 1.29 is 15.0 Å². The summed E-state index contributed by atoms with van der Waals surface area (Å²) in [6.45, 7) is 8.30. The van der Waals surface area contributed by atoms with Crippen LogP contribution in [0, 0.1) is 5.41 Å². The van der Waals surface area contributed by atoms with Gasteiger partial charge in [-0.25, -0.2) is 0 Å². The fourth-order valence-electron chi connectivity index (χ4n) is 4.83. The van der Waals surface area contributed by atoms with Crippen molar-refractivity contribution >= 4 is 5.97 Å². The molecular formula is C28H48O3. The standard InChI is InChI=1S/C28H48O3/c1-5-6-7-8-9-10-11-12-13-14-15-16-17-18-23-28(26(30)31,27(2,3)4)24-19-21-25(29)22-20-24/h19-22,29H,5-18,23H2,1-4H3,(H,30,31). The molecule has 1 rings (SSSR count). The molecule has 1 aromatic rings. The quantitative estimate of drug-likeness (QED) is 0.242. The summed E-state index contributed by atoms with van der Waals surface area (Å²) in [5, 5.41) is 19.8. The van der Waals surface area contributed by atoms with E-state index >= 15 is 0 Å². The topological polar surface area (TPSA) is 57.5 Å². The summed E-state index contributed by atoms with van der Waals surface area (Å²) in [6.07, 6.45) is 18.8. The first kappa shape index (κ1) is 27.5. The summed E-state index contributed by atoms with van der Waals surface area (Å²) < 4.78 is 0. The Morgan fingerprint density at radius 3 is 1.45 bits per heavy atom. The molecule has 3 heteroatoms. The monoisotopic (exact) mass is 432 g/mol. The lowest BCUT2D eigenvalue weighted by molar-refractivity contribution is -0.149. The van der Waals surface area contributed by atoms with Crippen LogP contribution >= 0.6 is 0 Å². The van der Waals surface area contributed by atoms with E-state index in [2.05, 4.69) is 6.92 Å². The highest BCUT2D eigenvalue weighted by Gasteiger charge is 2.49. The van der Waals surface area contributed by atoms with Crippen molar-refractivity contribution in [3.63, 3.8) is 0 Å². The Hall–Kier alpha value is -1.51. The molecule has 0 saturated carbocycles. The van der Waals surface area contributed by atoms with Crippen molar-refractivity contribution in [1.82, 2.24) is 0 Å². The molecule has 178 valence electrons. The summed E-state index contributed by atoms with van der Waals surface area (Å²) in [5.74, 6) is -0.589. The maximum absolute atomic E-state index is 12.5. The number of aromatic hydroxyl groups is 1. The molecule has 0 heterocycles. The van der Waals surface area contributed by atoms with Gasteiger partial charge in [0.2, 0.25) is 0 Å². The molecule has 0 aromatic heterocycles. The second-order valence-corrected chi connectivity index (χ2v) is 10.4. The maximum atomic E-state index is 12.5. The van der Waals surface area contributed by atoms with E-state index in [0.717, 1.165) is 18.4 Å². The fourth-order valence-corrected chi connectivity index (χ4v) is 4.83. The number of aliphatic carboxylic acids is 1. The maximum Gasteiger partial charge on any atom is 0.314 e. The molecule has 0 saturated heterocycles. The van der Waals surface area contributed by atoms with Crippen LogP contribution in [0.2, 0.25) is 0 Å². The molecule has 0 radical (unpaired) electrons. The fraction of sp³-hybridized carbons (Fsp3) is 0.750. The van der Waals surface area contributed by atoms with Crippen LogP contribution in [-0.2, 0) is 10.2 Å². The van der Waals surface area contributed by atoms with Gasteiger partial charge in [0.05, 0.1) is 5.41 Å². The molecule has 0 spiro atoms. The first-order valence-electron chi connectivity index (χ1n) is 12.8. The first-order valence-corrected chi connectivity index (χ1v) is 12.8. The Morgan fingerprint density at radius 2 is 1.10 bits per heavy atom. The van der Waals surface area contributed by atoms with Crippen LogP contribution in [0.5, 0.6) is 5.75 Å². The van der Waals surface area contributed by atoms with Crippen molar-refractivity contribution in [1.29, 1.82) is 0 Å². The van der Waals surface area contributed by atoms with Gasteiger partial charge in [0.25, 0.3) is 0 Å². The third kappa shape index (κ3) is 9.25. The zero-order valence-electron chi connectivity index (χ0n) is 20.7. The Bertz CT molecular complexity index is 600. The number of hydrogen-bond acceptors (Lipinski definition) is 2. The Kier molecular flexibility index (Phi) is 12.9. The number of benzene rings is 1. The zero-order chi connectivity index (χ0) is 23.2. The summed E-state index contributed by atoms with van der Waals surface area (Å²) in [4.78, 5) is 12.5. The summed E-state index contributed by atoms with van der Waals surface area (Å²) in [5.41, 5.74) is -0.551. The van der Waals surface area contributed by atoms with Crippen molar-refractivity contribution in [2.24, 2.45) is 5.41 Å². The molecule has 0 amide bonds. The molecule has 31 heavy (non-hydrogen) atoms. The van der Waals surface area contributed by atoms with Crippen LogP contribution in [-0.4, -0.2) is 16.2 Å². The van der Waals surface area contributed by atoms with Crippen molar-refractivity contribution in [2.75, 3.05) is 0 Å². The average molecular weight is 433 g/mol. The van der Waals surface area contributed by atoms with Gasteiger partial charge in [-0.1, -0.05) is 130 Å². The molecule has 0 aliphatic carbocycles. The largest absolute Gasteiger partial charge is 0.508 e. The molecule has 2 N–H and O–H groups in total. The molecule has 0 aliphatic heterocycles. The van der Waals surface area contributed by atoms with E-state index in [1.807, 2.05) is 20.8 Å². The summed E-state index contributed by atoms with van der Waals surface area (Å²) in [6, 6.07) is 6.75. The van der Waals surface area contributed by atoms with Gasteiger partial charge in [-0.05, 0) is 29.5 Å². The van der Waals surface area contributed by atoms with Crippen LogP contribution in [0.3, 0.4) is 0 Å². The van der Waals surface area contributed by atoms with E-state index in [1.165, 1.54) is 77.0 Å². The molecule has 0 fully saturated rings. The van der Waals surface area contributed by atoms with Crippen LogP contribution in [0.1, 0.15) is 130 Å². The van der Waals surface area contributed by atoms with E-state index in [-0.39, 0.29) is 5.75 Å². The minimum absolute atomic E-state index is 0.174. The highest BCUT2D eigenvalue weighted by Crippen LogP contribution is 2.46. The Labute approximate surface area is 191 Å². The van der Waals surface area contributed by atoms with Crippen LogP contribution in [0.4, 0.5) is 0 Å². The zero-order valence-corrected chi connectivity index (χ0v) is 20.7. The number of unbranched alkanes of at least 4 members (excludes halogenated alkanes) is 13. The van der Waals surface area contributed by atoms with Crippen molar-refractivity contribution in [3.8, 4) is 5.75 Å². The first-order chi connectivity index (χ1) is 14.8. The molecule has 0 aliphatic rings.